The Kier molecular flexibility index (Phi) is 4.59. The fourth-order valence-corrected chi connectivity index (χ4v) is 2.67. The smallest absolute Gasteiger partial charge is 0.321 e. The van der Waals surface area contributed by atoms with E-state index in [4.69, 9.17) is 0 Å². The summed E-state index contributed by atoms with van der Waals surface area (Å²) in [6, 6.07) is -0.221. The number of carbonyl (C=O) groups is 1. The Labute approximate surface area is 109 Å². The first-order chi connectivity index (χ1) is 8.58. The molecule has 0 aromatic heterocycles. The Hall–Kier alpha value is -0.650. The van der Waals surface area contributed by atoms with Gasteiger partial charge in [0, 0.05) is 39.3 Å². The number of hydrogen-bond acceptors (Lipinski definition) is 4. The maximum Gasteiger partial charge on any atom is 0.321 e. The lowest BCUT2D eigenvalue weighted by molar-refractivity contribution is -0.145. The van der Waals surface area contributed by atoms with E-state index in [1.165, 1.54) is 0 Å². The minimum absolute atomic E-state index is 0.221. The van der Waals surface area contributed by atoms with Gasteiger partial charge in [0.1, 0.15) is 6.04 Å². The van der Waals surface area contributed by atoms with Crippen LogP contribution in [0.25, 0.3) is 0 Å². The van der Waals surface area contributed by atoms with Crippen molar-refractivity contribution in [2.24, 2.45) is 5.92 Å². The molecule has 18 heavy (non-hydrogen) atoms. The van der Waals surface area contributed by atoms with Crippen LogP contribution in [-0.4, -0.2) is 85.2 Å². The van der Waals surface area contributed by atoms with Crippen molar-refractivity contribution in [3.05, 3.63) is 0 Å². The predicted octanol–water partition coefficient (Wildman–Crippen LogP) is 0.0288. The first-order valence-corrected chi connectivity index (χ1v) is 6.92. The highest BCUT2D eigenvalue weighted by atomic mass is 16.4. The van der Waals surface area contributed by atoms with E-state index >= 15 is 0 Å². The number of hydrogen-bond donors (Lipinski definition) is 1. The van der Waals surface area contributed by atoms with Crippen LogP contribution in [0, 0.1) is 5.92 Å². The van der Waals surface area contributed by atoms with Crippen molar-refractivity contribution < 1.29 is 9.90 Å². The molecule has 1 heterocycles. The van der Waals surface area contributed by atoms with E-state index in [-0.39, 0.29) is 6.04 Å². The summed E-state index contributed by atoms with van der Waals surface area (Å²) in [6.45, 7) is 5.98. The number of piperazine rings is 1. The molecule has 2 aliphatic rings. The van der Waals surface area contributed by atoms with E-state index in [0.29, 0.717) is 5.92 Å². The van der Waals surface area contributed by atoms with E-state index in [1.807, 2.05) is 0 Å². The quantitative estimate of drug-likeness (QED) is 0.725. The molecule has 1 saturated heterocycles. The van der Waals surface area contributed by atoms with E-state index in [9.17, 15) is 9.90 Å². The molecule has 0 bridgehead atoms. The summed E-state index contributed by atoms with van der Waals surface area (Å²) in [6.07, 6.45) is 2.19. The Balaban J connectivity index is 1.76. The van der Waals surface area contributed by atoms with Crippen LogP contribution in [-0.2, 0) is 4.79 Å². The van der Waals surface area contributed by atoms with Gasteiger partial charge in [-0.3, -0.25) is 14.6 Å². The highest BCUT2D eigenvalue weighted by Gasteiger charge is 2.40. The number of aliphatic carboxylic acids is 1. The first kappa shape index (κ1) is 13.8. The topological polar surface area (TPSA) is 47.0 Å². The Bertz CT molecular complexity index is 284. The standard InChI is InChI=1S/C13H25N3O2/c1-14(2)5-6-15-7-9-16(10-8-15)12(13(17)18)11-3-4-11/h11-12H,3-10H2,1-2H3,(H,17,18). The fraction of sp³-hybridized carbons (Fsp3) is 0.923. The summed E-state index contributed by atoms with van der Waals surface area (Å²) in [5.74, 6) is -0.213. The van der Waals surface area contributed by atoms with Crippen LogP contribution in [0.4, 0.5) is 0 Å². The number of rotatable bonds is 6. The Morgan fingerprint density at radius 1 is 1.28 bits per heavy atom. The molecule has 1 atom stereocenters. The van der Waals surface area contributed by atoms with Gasteiger partial charge in [-0.25, -0.2) is 0 Å². The lowest BCUT2D eigenvalue weighted by atomic mass is 10.1. The van der Waals surface area contributed by atoms with Crippen LogP contribution < -0.4 is 0 Å². The van der Waals surface area contributed by atoms with E-state index in [1.54, 1.807) is 0 Å². The van der Waals surface area contributed by atoms with Crippen molar-refractivity contribution in [2.75, 3.05) is 53.4 Å². The molecule has 0 spiro atoms. The van der Waals surface area contributed by atoms with Gasteiger partial charge in [-0.1, -0.05) is 0 Å². The van der Waals surface area contributed by atoms with Gasteiger partial charge in [0.15, 0.2) is 0 Å². The van der Waals surface area contributed by atoms with Crippen LogP contribution >= 0.6 is 0 Å². The van der Waals surface area contributed by atoms with E-state index in [0.717, 1.165) is 52.1 Å². The van der Waals surface area contributed by atoms with Crippen molar-refractivity contribution in [1.82, 2.24) is 14.7 Å². The molecule has 0 aromatic carbocycles. The normalized spacial score (nSPS) is 24.4. The summed E-state index contributed by atoms with van der Waals surface area (Å²) in [7, 11) is 4.17. The van der Waals surface area contributed by atoms with Crippen molar-refractivity contribution in [2.45, 2.75) is 18.9 Å². The Morgan fingerprint density at radius 2 is 1.89 bits per heavy atom. The van der Waals surface area contributed by atoms with Crippen LogP contribution in [0.15, 0.2) is 0 Å². The van der Waals surface area contributed by atoms with Crippen LogP contribution in [0.2, 0.25) is 0 Å². The average molecular weight is 255 g/mol. The molecule has 1 aliphatic carbocycles. The summed E-state index contributed by atoms with van der Waals surface area (Å²) in [5.41, 5.74) is 0. The molecule has 2 rings (SSSR count). The average Bonchev–Trinajstić information content (AvgIpc) is 3.12. The van der Waals surface area contributed by atoms with Gasteiger partial charge in [0.05, 0.1) is 0 Å². The lowest BCUT2D eigenvalue weighted by Crippen LogP contribution is -2.54. The molecule has 0 aromatic rings. The third-order valence-corrected chi connectivity index (χ3v) is 3.99. The molecule has 0 radical (unpaired) electrons. The summed E-state index contributed by atoms with van der Waals surface area (Å²) in [4.78, 5) is 18.1. The molecule has 1 aliphatic heterocycles. The molecule has 1 N–H and O–H groups in total. The monoisotopic (exact) mass is 255 g/mol. The second kappa shape index (κ2) is 5.99. The van der Waals surface area contributed by atoms with Gasteiger partial charge >= 0.3 is 5.97 Å². The summed E-state index contributed by atoms with van der Waals surface area (Å²) in [5, 5.41) is 9.32. The molecular formula is C13H25N3O2. The maximum absolute atomic E-state index is 11.3. The van der Waals surface area contributed by atoms with Crippen molar-refractivity contribution in [3.8, 4) is 0 Å². The first-order valence-electron chi connectivity index (χ1n) is 6.92. The van der Waals surface area contributed by atoms with Gasteiger partial charge in [-0.2, -0.15) is 0 Å². The van der Waals surface area contributed by atoms with Gasteiger partial charge < -0.3 is 10.0 Å². The molecule has 1 saturated carbocycles. The molecule has 104 valence electrons. The van der Waals surface area contributed by atoms with Crippen molar-refractivity contribution >= 4 is 5.97 Å². The summed E-state index contributed by atoms with van der Waals surface area (Å²) >= 11 is 0. The second-order valence-electron chi connectivity index (χ2n) is 5.80. The largest absolute Gasteiger partial charge is 0.480 e. The van der Waals surface area contributed by atoms with Crippen LogP contribution in [0.3, 0.4) is 0 Å². The Morgan fingerprint density at radius 3 is 2.33 bits per heavy atom. The number of carboxylic acids is 1. The molecule has 0 amide bonds. The van der Waals surface area contributed by atoms with Crippen LogP contribution in [0.1, 0.15) is 12.8 Å². The number of likely N-dealkylation sites (N-methyl/N-ethyl adjacent to an activating group) is 1. The number of nitrogens with zero attached hydrogens (tertiary/aromatic N) is 3. The minimum atomic E-state index is -0.626. The molecule has 5 heteroatoms. The van der Waals surface area contributed by atoms with Crippen LogP contribution in [0.5, 0.6) is 0 Å². The molecule has 5 nitrogen and oxygen atoms in total. The zero-order valence-corrected chi connectivity index (χ0v) is 11.5. The second-order valence-corrected chi connectivity index (χ2v) is 5.80. The van der Waals surface area contributed by atoms with Crippen molar-refractivity contribution in [3.63, 3.8) is 0 Å². The summed E-state index contributed by atoms with van der Waals surface area (Å²) < 4.78 is 0. The molecule has 1 unspecified atom stereocenters. The fourth-order valence-electron chi connectivity index (χ4n) is 2.67. The van der Waals surface area contributed by atoms with E-state index in [2.05, 4.69) is 28.8 Å². The lowest BCUT2D eigenvalue weighted by Gasteiger charge is -2.38. The van der Waals surface area contributed by atoms with Crippen molar-refractivity contribution in [1.29, 1.82) is 0 Å². The third-order valence-electron chi connectivity index (χ3n) is 3.99. The SMILES string of the molecule is CN(C)CCN1CCN(C(C(=O)O)C2CC2)CC1. The minimum Gasteiger partial charge on any atom is -0.480 e. The molecular weight excluding hydrogens is 230 g/mol. The predicted molar refractivity (Wildman–Crippen MR) is 70.7 cm³/mol. The van der Waals surface area contributed by atoms with Gasteiger partial charge in [-0.15, -0.1) is 0 Å². The zero-order valence-electron chi connectivity index (χ0n) is 11.5. The highest BCUT2D eigenvalue weighted by Crippen LogP contribution is 2.35. The van der Waals surface area contributed by atoms with E-state index < -0.39 is 5.97 Å². The third kappa shape index (κ3) is 3.67. The molecule has 2 fully saturated rings. The van der Waals surface area contributed by atoms with Gasteiger partial charge in [0.25, 0.3) is 0 Å². The highest BCUT2D eigenvalue weighted by molar-refractivity contribution is 5.74. The number of carboxylic acid groups (broad SMARTS) is 1. The zero-order chi connectivity index (χ0) is 13.1. The van der Waals surface area contributed by atoms with Gasteiger partial charge in [-0.05, 0) is 32.9 Å². The maximum atomic E-state index is 11.3. The van der Waals surface area contributed by atoms with Gasteiger partial charge in [0.2, 0.25) is 0 Å².